The monoisotopic (exact) mass is 302 g/mol. The zero-order valence-electron chi connectivity index (χ0n) is 8.97. The van der Waals surface area contributed by atoms with Gasteiger partial charge >= 0.3 is 0 Å². The maximum absolute atomic E-state index is 12.7. The number of benzene rings is 1. The van der Waals surface area contributed by atoms with Gasteiger partial charge in [-0.15, -0.1) is 11.3 Å². The Bertz CT molecular complexity index is 424. The summed E-state index contributed by atoms with van der Waals surface area (Å²) < 4.78 is 12.7. The summed E-state index contributed by atoms with van der Waals surface area (Å²) in [5.74, 6) is 1.81. The first-order chi connectivity index (χ1) is 8.34. The Morgan fingerprint density at radius 2 is 1.76 bits per heavy atom. The third-order valence-corrected chi connectivity index (χ3v) is 7.16. The molecular formula is C12H11FS4. The summed E-state index contributed by atoms with van der Waals surface area (Å²) in [5, 5.41) is 2.10. The molecule has 0 aliphatic rings. The summed E-state index contributed by atoms with van der Waals surface area (Å²) >= 11 is 1.79. The van der Waals surface area contributed by atoms with E-state index < -0.39 is 0 Å². The van der Waals surface area contributed by atoms with Crippen molar-refractivity contribution in [3.8, 4) is 0 Å². The molecule has 17 heavy (non-hydrogen) atoms. The van der Waals surface area contributed by atoms with Crippen LogP contribution in [0.3, 0.4) is 0 Å². The first kappa shape index (κ1) is 13.3. The van der Waals surface area contributed by atoms with Crippen LogP contribution in [0.4, 0.5) is 4.39 Å². The van der Waals surface area contributed by atoms with E-state index in [1.54, 1.807) is 32.0 Å². The first-order valence-corrected chi connectivity index (χ1v) is 9.72. The van der Waals surface area contributed by atoms with E-state index in [1.165, 1.54) is 22.6 Å². The molecule has 0 amide bonds. The minimum Gasteiger partial charge on any atom is -0.207 e. The van der Waals surface area contributed by atoms with E-state index in [4.69, 9.17) is 0 Å². The highest BCUT2D eigenvalue weighted by molar-refractivity contribution is 9.09. The summed E-state index contributed by atoms with van der Waals surface area (Å²) in [7, 11) is 5.44. The third-order valence-electron chi connectivity index (χ3n) is 2.02. The molecule has 5 heteroatoms. The summed E-state index contributed by atoms with van der Waals surface area (Å²) in [5.41, 5.74) is 1.17. The van der Waals surface area contributed by atoms with Gasteiger partial charge in [0.25, 0.3) is 0 Å². The van der Waals surface area contributed by atoms with Crippen LogP contribution in [-0.2, 0) is 11.5 Å². The Hall–Kier alpha value is -0.100. The van der Waals surface area contributed by atoms with Crippen molar-refractivity contribution in [2.75, 3.05) is 0 Å². The Morgan fingerprint density at radius 1 is 1.00 bits per heavy atom. The number of rotatable bonds is 6. The van der Waals surface area contributed by atoms with E-state index in [0.29, 0.717) is 0 Å². The lowest BCUT2D eigenvalue weighted by Crippen LogP contribution is -1.78. The molecule has 1 aromatic heterocycles. The van der Waals surface area contributed by atoms with Gasteiger partial charge in [0.05, 0.1) is 0 Å². The zero-order chi connectivity index (χ0) is 11.9. The molecule has 0 unspecified atom stereocenters. The maximum atomic E-state index is 12.7. The van der Waals surface area contributed by atoms with Gasteiger partial charge < -0.3 is 0 Å². The summed E-state index contributed by atoms with van der Waals surface area (Å²) in [6.45, 7) is 0. The standard InChI is InChI=1S/C12H11FS4/c13-11-5-3-10(4-6-11)8-15-17-16-9-12-2-1-7-14-12/h1-7H,8-9H2. The fraction of sp³-hybridized carbons (Fsp3) is 0.167. The zero-order valence-corrected chi connectivity index (χ0v) is 12.2. The molecule has 0 saturated heterocycles. The largest absolute Gasteiger partial charge is 0.207 e. The smallest absolute Gasteiger partial charge is 0.123 e. The van der Waals surface area contributed by atoms with Gasteiger partial charge in [0.2, 0.25) is 0 Å². The topological polar surface area (TPSA) is 0 Å². The second-order valence-corrected chi connectivity index (χ2v) is 8.56. The SMILES string of the molecule is Fc1ccc(CSSSCc2cccs2)cc1. The molecule has 90 valence electrons. The quantitative estimate of drug-likeness (QED) is 0.502. The molecule has 1 aromatic carbocycles. The average molecular weight is 302 g/mol. The van der Waals surface area contributed by atoms with Gasteiger partial charge in [-0.2, -0.15) is 0 Å². The summed E-state index contributed by atoms with van der Waals surface area (Å²) in [6, 6.07) is 10.9. The molecule has 0 fully saturated rings. The van der Waals surface area contributed by atoms with E-state index in [9.17, 15) is 4.39 Å². The number of thiophene rings is 1. The van der Waals surface area contributed by atoms with E-state index in [0.717, 1.165) is 11.5 Å². The Kier molecular flexibility index (Phi) is 5.77. The van der Waals surface area contributed by atoms with E-state index in [1.807, 2.05) is 22.9 Å². The van der Waals surface area contributed by atoms with Crippen LogP contribution in [0.15, 0.2) is 41.8 Å². The predicted octanol–water partition coefficient (Wildman–Crippen LogP) is 5.62. The molecule has 0 nitrogen and oxygen atoms in total. The molecule has 0 N–H and O–H groups in total. The van der Waals surface area contributed by atoms with Crippen molar-refractivity contribution in [3.63, 3.8) is 0 Å². The van der Waals surface area contributed by atoms with Crippen LogP contribution in [0.1, 0.15) is 10.4 Å². The van der Waals surface area contributed by atoms with Gasteiger partial charge in [0.15, 0.2) is 0 Å². The van der Waals surface area contributed by atoms with Crippen LogP contribution in [-0.4, -0.2) is 0 Å². The van der Waals surface area contributed by atoms with Crippen LogP contribution in [0, 0.1) is 5.82 Å². The van der Waals surface area contributed by atoms with Gasteiger partial charge in [-0.25, -0.2) is 4.39 Å². The van der Waals surface area contributed by atoms with Gasteiger partial charge in [-0.05, 0) is 39.0 Å². The lowest BCUT2D eigenvalue weighted by atomic mass is 10.2. The summed E-state index contributed by atoms with van der Waals surface area (Å²) in [4.78, 5) is 1.41. The van der Waals surface area contributed by atoms with Crippen LogP contribution < -0.4 is 0 Å². The Labute approximate surface area is 116 Å². The lowest BCUT2D eigenvalue weighted by molar-refractivity contribution is 0.627. The van der Waals surface area contributed by atoms with Gasteiger partial charge in [0.1, 0.15) is 5.82 Å². The first-order valence-electron chi connectivity index (χ1n) is 5.02. The molecule has 0 spiro atoms. The average Bonchev–Trinajstić information content (AvgIpc) is 2.84. The molecule has 0 bridgehead atoms. The molecule has 0 atom stereocenters. The molecule has 1 heterocycles. The van der Waals surface area contributed by atoms with E-state index in [-0.39, 0.29) is 5.82 Å². The number of halogens is 1. The van der Waals surface area contributed by atoms with Gasteiger partial charge in [-0.1, -0.05) is 39.8 Å². The molecule has 0 saturated carbocycles. The van der Waals surface area contributed by atoms with Crippen molar-refractivity contribution in [1.29, 1.82) is 0 Å². The van der Waals surface area contributed by atoms with E-state index in [2.05, 4.69) is 17.5 Å². The normalized spacial score (nSPS) is 10.6. The fourth-order valence-electron chi connectivity index (χ4n) is 1.18. The Morgan fingerprint density at radius 3 is 2.47 bits per heavy atom. The third kappa shape index (κ3) is 4.95. The second-order valence-electron chi connectivity index (χ2n) is 3.30. The van der Waals surface area contributed by atoms with Crippen LogP contribution in [0.5, 0.6) is 0 Å². The minimum atomic E-state index is -0.168. The number of hydrogen-bond donors (Lipinski definition) is 0. The van der Waals surface area contributed by atoms with Crippen molar-refractivity contribution >= 4 is 42.8 Å². The van der Waals surface area contributed by atoms with Crippen LogP contribution in [0.2, 0.25) is 0 Å². The summed E-state index contributed by atoms with van der Waals surface area (Å²) in [6.07, 6.45) is 0. The molecule has 0 aliphatic heterocycles. The minimum absolute atomic E-state index is 0.168. The van der Waals surface area contributed by atoms with Crippen molar-refractivity contribution in [2.45, 2.75) is 11.5 Å². The molecule has 0 aliphatic carbocycles. The van der Waals surface area contributed by atoms with Crippen LogP contribution >= 0.6 is 42.8 Å². The Balaban J connectivity index is 1.61. The maximum Gasteiger partial charge on any atom is 0.123 e. The van der Waals surface area contributed by atoms with Crippen molar-refractivity contribution in [1.82, 2.24) is 0 Å². The van der Waals surface area contributed by atoms with Gasteiger partial charge in [-0.3, -0.25) is 0 Å². The van der Waals surface area contributed by atoms with Crippen molar-refractivity contribution in [2.24, 2.45) is 0 Å². The van der Waals surface area contributed by atoms with Crippen molar-refractivity contribution < 1.29 is 4.39 Å². The highest BCUT2D eigenvalue weighted by Crippen LogP contribution is 2.39. The molecule has 0 radical (unpaired) electrons. The number of hydrogen-bond acceptors (Lipinski definition) is 4. The predicted molar refractivity (Wildman–Crippen MR) is 80.9 cm³/mol. The van der Waals surface area contributed by atoms with Gasteiger partial charge in [0, 0.05) is 16.4 Å². The fourth-order valence-corrected chi connectivity index (χ4v) is 5.81. The second kappa shape index (κ2) is 7.36. The molecular weight excluding hydrogens is 291 g/mol. The molecule has 2 rings (SSSR count). The highest BCUT2D eigenvalue weighted by atomic mass is 33.5. The van der Waals surface area contributed by atoms with Crippen LogP contribution in [0.25, 0.3) is 0 Å². The highest BCUT2D eigenvalue weighted by Gasteiger charge is 1.97. The van der Waals surface area contributed by atoms with E-state index >= 15 is 0 Å². The molecule has 2 aromatic rings. The lowest BCUT2D eigenvalue weighted by Gasteiger charge is -2.00. The van der Waals surface area contributed by atoms with Crippen molar-refractivity contribution in [3.05, 3.63) is 58.0 Å².